The molecule has 0 aliphatic carbocycles. The van der Waals surface area contributed by atoms with E-state index >= 15 is 0 Å². The molecule has 31 heavy (non-hydrogen) atoms. The van der Waals surface area contributed by atoms with Crippen LogP contribution in [-0.4, -0.2) is 33.3 Å². The number of nitrogens with one attached hydrogen (secondary N) is 2. The molecule has 12 nitrogen and oxygen atoms in total. The smallest absolute Gasteiger partial charge is 0.317 e. The van der Waals surface area contributed by atoms with Crippen molar-refractivity contribution in [3.8, 4) is 5.75 Å². The Labute approximate surface area is 177 Å². The van der Waals surface area contributed by atoms with Crippen LogP contribution in [0.25, 0.3) is 0 Å². The highest BCUT2D eigenvalue weighted by Crippen LogP contribution is 2.31. The Morgan fingerprint density at radius 3 is 2.55 bits per heavy atom. The van der Waals surface area contributed by atoms with Crippen molar-refractivity contribution >= 4 is 45.3 Å². The summed E-state index contributed by atoms with van der Waals surface area (Å²) in [5.41, 5.74) is -0.530. The van der Waals surface area contributed by atoms with E-state index in [0.717, 1.165) is 18.2 Å². The van der Waals surface area contributed by atoms with Gasteiger partial charge in [-0.05, 0) is 24.3 Å². The Morgan fingerprint density at radius 1 is 1.06 bits per heavy atom. The monoisotopic (exact) mass is 443 g/mol. The fraction of sp³-hybridized carbons (Fsp3) is 0.0556. The van der Waals surface area contributed by atoms with Gasteiger partial charge in [-0.25, -0.2) is 4.98 Å². The number of nitro benzene ring substituents is 2. The van der Waals surface area contributed by atoms with Gasteiger partial charge in [0.1, 0.15) is 0 Å². The molecule has 0 fully saturated rings. The fourth-order valence-electron chi connectivity index (χ4n) is 2.42. The van der Waals surface area contributed by atoms with Crippen LogP contribution in [0.4, 0.5) is 22.2 Å². The summed E-state index contributed by atoms with van der Waals surface area (Å²) in [7, 11) is 0. The number of aromatic nitrogens is 1. The second kappa shape index (κ2) is 9.41. The Kier molecular flexibility index (Phi) is 6.47. The number of amides is 2. The minimum atomic E-state index is -0.842. The number of ether oxygens (including phenoxy) is 1. The van der Waals surface area contributed by atoms with E-state index in [1.54, 1.807) is 29.8 Å². The lowest BCUT2D eigenvalue weighted by molar-refractivity contribution is -0.394. The zero-order valence-corrected chi connectivity index (χ0v) is 16.3. The van der Waals surface area contributed by atoms with Crippen molar-refractivity contribution in [1.29, 1.82) is 0 Å². The molecular formula is C18H13N5O7S. The molecule has 13 heteroatoms. The number of hydrogen-bond acceptors (Lipinski definition) is 9. The van der Waals surface area contributed by atoms with Crippen LogP contribution in [0, 0.1) is 20.2 Å². The van der Waals surface area contributed by atoms with E-state index in [2.05, 4.69) is 15.6 Å². The molecule has 2 N–H and O–H groups in total. The molecule has 0 aliphatic rings. The number of carbonyl (C=O) groups is 2. The molecule has 0 saturated carbocycles. The quantitative estimate of drug-likeness (QED) is 0.395. The molecule has 1 aromatic heterocycles. The highest BCUT2D eigenvalue weighted by atomic mass is 32.1. The Morgan fingerprint density at radius 2 is 1.87 bits per heavy atom. The number of benzene rings is 2. The number of thiazole rings is 1. The summed E-state index contributed by atoms with van der Waals surface area (Å²) in [5, 5.41) is 29.1. The molecular weight excluding hydrogens is 430 g/mol. The first-order chi connectivity index (χ1) is 14.8. The normalized spacial score (nSPS) is 10.2. The topological polar surface area (TPSA) is 167 Å². The Balaban J connectivity index is 1.63. The molecule has 158 valence electrons. The van der Waals surface area contributed by atoms with Gasteiger partial charge in [-0.2, -0.15) is 0 Å². The van der Waals surface area contributed by atoms with Crippen molar-refractivity contribution in [3.63, 3.8) is 0 Å². The molecule has 0 unspecified atom stereocenters. The second-order valence-corrected chi connectivity index (χ2v) is 6.77. The third kappa shape index (κ3) is 5.57. The van der Waals surface area contributed by atoms with Gasteiger partial charge in [-0.1, -0.05) is 6.07 Å². The molecule has 0 saturated heterocycles. The fourth-order valence-corrected chi connectivity index (χ4v) is 2.94. The first kappa shape index (κ1) is 21.3. The summed E-state index contributed by atoms with van der Waals surface area (Å²) < 4.78 is 5.15. The van der Waals surface area contributed by atoms with Crippen molar-refractivity contribution in [2.75, 3.05) is 17.2 Å². The lowest BCUT2D eigenvalue weighted by Gasteiger charge is -2.09. The molecule has 2 amide bonds. The third-order valence-corrected chi connectivity index (χ3v) is 4.46. The standard InChI is InChI=1S/C18H13N5O7S/c24-16(10-30-15-5-4-13(22(26)27)9-14(15)23(28)29)20-12-3-1-2-11(8-12)17(25)21-18-19-6-7-31-18/h1-9H,10H2,(H,20,24)(H,19,21,25). The van der Waals surface area contributed by atoms with Crippen molar-refractivity contribution in [3.05, 3.63) is 79.8 Å². The van der Waals surface area contributed by atoms with Crippen LogP contribution in [0.15, 0.2) is 54.0 Å². The Hall–Kier alpha value is -4.39. The van der Waals surface area contributed by atoms with Crippen LogP contribution >= 0.6 is 11.3 Å². The van der Waals surface area contributed by atoms with E-state index in [0.29, 0.717) is 10.8 Å². The van der Waals surface area contributed by atoms with Gasteiger partial charge in [0.25, 0.3) is 17.5 Å². The number of nitrogens with zero attached hydrogens (tertiary/aromatic N) is 3. The van der Waals surface area contributed by atoms with Crippen molar-refractivity contribution in [1.82, 2.24) is 4.98 Å². The zero-order chi connectivity index (χ0) is 22.4. The Bertz CT molecular complexity index is 1150. The summed E-state index contributed by atoms with van der Waals surface area (Å²) in [6.07, 6.45) is 1.55. The zero-order valence-electron chi connectivity index (χ0n) is 15.5. The number of hydrogen-bond donors (Lipinski definition) is 2. The minimum absolute atomic E-state index is 0.278. The van der Waals surface area contributed by atoms with E-state index in [9.17, 15) is 29.8 Å². The largest absolute Gasteiger partial charge is 0.477 e. The molecule has 3 rings (SSSR count). The minimum Gasteiger partial charge on any atom is -0.477 e. The molecule has 0 radical (unpaired) electrons. The average molecular weight is 443 g/mol. The lowest BCUT2D eigenvalue weighted by atomic mass is 10.2. The average Bonchev–Trinajstić information content (AvgIpc) is 3.25. The number of nitro groups is 2. The third-order valence-electron chi connectivity index (χ3n) is 3.77. The highest BCUT2D eigenvalue weighted by Gasteiger charge is 2.21. The van der Waals surface area contributed by atoms with E-state index in [-0.39, 0.29) is 11.3 Å². The van der Waals surface area contributed by atoms with E-state index in [4.69, 9.17) is 4.74 Å². The summed E-state index contributed by atoms with van der Waals surface area (Å²) in [4.78, 5) is 48.6. The number of rotatable bonds is 8. The van der Waals surface area contributed by atoms with Crippen molar-refractivity contribution in [2.45, 2.75) is 0 Å². The summed E-state index contributed by atoms with van der Waals surface area (Å²) in [6, 6.07) is 8.93. The van der Waals surface area contributed by atoms with Crippen LogP contribution in [0.2, 0.25) is 0 Å². The number of non-ortho nitro benzene ring substituents is 1. The molecule has 0 atom stereocenters. The predicted octanol–water partition coefficient (Wildman–Crippen LogP) is 3.23. The second-order valence-electron chi connectivity index (χ2n) is 5.88. The number of carbonyl (C=O) groups excluding carboxylic acids is 2. The summed E-state index contributed by atoms with van der Waals surface area (Å²) >= 11 is 1.26. The lowest BCUT2D eigenvalue weighted by Crippen LogP contribution is -2.21. The van der Waals surface area contributed by atoms with Gasteiger partial charge in [-0.3, -0.25) is 35.1 Å². The van der Waals surface area contributed by atoms with E-state index < -0.39 is 39.6 Å². The first-order valence-electron chi connectivity index (χ1n) is 8.50. The molecule has 0 aliphatic heterocycles. The van der Waals surface area contributed by atoms with Crippen LogP contribution in [0.5, 0.6) is 5.75 Å². The van der Waals surface area contributed by atoms with Gasteiger partial charge >= 0.3 is 5.69 Å². The van der Waals surface area contributed by atoms with E-state index in [1.807, 2.05) is 0 Å². The predicted molar refractivity (Wildman–Crippen MR) is 110 cm³/mol. The van der Waals surface area contributed by atoms with Gasteiger partial charge in [0.15, 0.2) is 17.5 Å². The van der Waals surface area contributed by atoms with Crippen molar-refractivity contribution < 1.29 is 24.2 Å². The maximum atomic E-state index is 12.2. The van der Waals surface area contributed by atoms with Gasteiger partial charge < -0.3 is 10.1 Å². The summed E-state index contributed by atoms with van der Waals surface area (Å²) in [5.74, 6) is -1.35. The van der Waals surface area contributed by atoms with Gasteiger partial charge in [0.05, 0.1) is 15.9 Å². The first-order valence-corrected chi connectivity index (χ1v) is 9.38. The molecule has 0 bridgehead atoms. The maximum absolute atomic E-state index is 12.2. The SMILES string of the molecule is O=C(COc1ccc([N+](=O)[O-])cc1[N+](=O)[O-])Nc1cccc(C(=O)Nc2nccs2)c1. The van der Waals surface area contributed by atoms with Crippen LogP contribution in [-0.2, 0) is 4.79 Å². The van der Waals surface area contributed by atoms with Crippen LogP contribution < -0.4 is 15.4 Å². The van der Waals surface area contributed by atoms with Crippen LogP contribution in [0.3, 0.4) is 0 Å². The maximum Gasteiger partial charge on any atom is 0.317 e. The highest BCUT2D eigenvalue weighted by molar-refractivity contribution is 7.13. The molecule has 3 aromatic rings. The van der Waals surface area contributed by atoms with Gasteiger partial charge in [0.2, 0.25) is 0 Å². The van der Waals surface area contributed by atoms with Crippen LogP contribution in [0.1, 0.15) is 10.4 Å². The van der Waals surface area contributed by atoms with Gasteiger partial charge in [-0.15, -0.1) is 11.3 Å². The molecule has 2 aromatic carbocycles. The molecule has 0 spiro atoms. The van der Waals surface area contributed by atoms with Gasteiger partial charge in [0, 0.05) is 28.9 Å². The molecule has 1 heterocycles. The van der Waals surface area contributed by atoms with Crippen molar-refractivity contribution in [2.24, 2.45) is 0 Å². The van der Waals surface area contributed by atoms with E-state index in [1.165, 1.54) is 17.4 Å². The number of anilines is 2. The summed E-state index contributed by atoms with van der Waals surface area (Å²) in [6.45, 7) is -0.589.